The van der Waals surface area contributed by atoms with Crippen LogP contribution in [0.3, 0.4) is 0 Å². The molecule has 0 aromatic rings. The highest BCUT2D eigenvalue weighted by atomic mass is 31.2. The van der Waals surface area contributed by atoms with E-state index in [1.54, 1.807) is 0 Å². The van der Waals surface area contributed by atoms with Gasteiger partial charge in [-0.2, -0.15) is 0 Å². The zero-order valence-electron chi connectivity index (χ0n) is 77.4. The molecule has 2 saturated heterocycles. The van der Waals surface area contributed by atoms with E-state index >= 15 is 0 Å². The fourth-order valence-electron chi connectivity index (χ4n) is 17.0. The quantitative estimate of drug-likeness (QED) is 0.0117. The summed E-state index contributed by atoms with van der Waals surface area (Å²) < 4.78 is 73.7. The number of phosphoric acid groups is 1. The van der Waals surface area contributed by atoms with E-state index in [1.807, 2.05) is 0 Å². The minimum atomic E-state index is -5.81. The Balaban J connectivity index is 1.91. The van der Waals surface area contributed by atoms with Crippen LogP contribution in [0, 0.1) is 11.8 Å². The van der Waals surface area contributed by atoms with Crippen molar-refractivity contribution in [3.8, 4) is 0 Å². The number of aliphatic hydroxyl groups is 9. The lowest BCUT2D eigenvalue weighted by Crippen LogP contribution is -2.70. The molecule has 3 aliphatic rings. The van der Waals surface area contributed by atoms with Gasteiger partial charge in [0.15, 0.2) is 24.8 Å². The lowest BCUT2D eigenvalue weighted by molar-refractivity contribution is -0.360. The van der Waals surface area contributed by atoms with Crippen molar-refractivity contribution in [3.05, 3.63) is 0 Å². The molecule has 2 aliphatic heterocycles. The molecular formula is C96H181O25P. The summed E-state index contributed by atoms with van der Waals surface area (Å²) in [5, 5.41) is 103. The second-order valence-electron chi connectivity index (χ2n) is 36.6. The van der Waals surface area contributed by atoms with Gasteiger partial charge < -0.3 is 88.7 Å². The normalized spacial score (nSPS) is 25.0. The molecule has 26 heteroatoms. The summed E-state index contributed by atoms with van der Waals surface area (Å²) >= 11 is 0. The minimum absolute atomic E-state index is 0.0197. The number of carbonyl (C=O) groups excluding carboxylic acids is 4. The highest BCUT2D eigenvalue weighted by molar-refractivity contribution is 7.47. The van der Waals surface area contributed by atoms with E-state index in [4.69, 9.17) is 46.9 Å². The predicted octanol–water partition coefficient (Wildman–Crippen LogP) is 19.4. The standard InChI is InChI=1S/C96H181O25P/c1-7-11-15-19-23-25-27-29-31-33-34-36-38-40-50-59-67-80(99)113-73-78-84(103)86(105)90(109)96(117-78)120-93-91(118-82(101)69-61-52-41-39-37-35-32-30-28-26-24-20-16-12-8-2)87(106)88(107)92(119-95-89(108)85(104)83(102)77(70-97)116-95)94(93)121-122(110,111)114-72-76(115-81(100)68-60-53-45-43-49-57-65-75(6)63-55-47-22-18-14-10-4)71-112-79(98)66-58-51-44-42-48-56-64-74(5)62-54-46-21-17-13-9-3/h74-78,83-97,102-109H,7-73H2,1-6H3,(H,110,111). The van der Waals surface area contributed by atoms with Crippen molar-refractivity contribution in [3.63, 3.8) is 0 Å². The van der Waals surface area contributed by atoms with Crippen LogP contribution in [0.2, 0.25) is 0 Å². The maximum atomic E-state index is 15.0. The van der Waals surface area contributed by atoms with E-state index in [2.05, 4.69) is 41.5 Å². The third-order valence-electron chi connectivity index (χ3n) is 25.2. The van der Waals surface area contributed by atoms with Crippen LogP contribution in [-0.2, 0) is 70.7 Å². The Morgan fingerprint density at radius 3 is 0.975 bits per heavy atom. The second kappa shape index (κ2) is 73.2. The first-order chi connectivity index (χ1) is 59.0. The molecule has 1 saturated carbocycles. The molecule has 0 aromatic heterocycles. The summed E-state index contributed by atoms with van der Waals surface area (Å²) in [7, 11) is -5.81. The SMILES string of the molecule is CCCCCCCCCCCCCCCCCCC(=O)OCC1OC(OC2C(OC(=O)CCCCCCCCCCCCCCCCC)C(O)C(O)C(OC3OC(CO)C(O)C(O)C3O)C2OP(=O)(O)OCC(COC(=O)CCCCCCCCC(C)CCCCCCCC)OC(=O)CCCCCCCCC(C)CCCCCCCC)C(O)C(O)C1O. The highest BCUT2D eigenvalue weighted by Crippen LogP contribution is 2.49. The molecule has 10 N–H and O–H groups in total. The lowest BCUT2D eigenvalue weighted by Gasteiger charge is -2.50. The van der Waals surface area contributed by atoms with E-state index < -0.39 is 162 Å². The van der Waals surface area contributed by atoms with Crippen LogP contribution >= 0.6 is 7.82 Å². The van der Waals surface area contributed by atoms with E-state index in [0.717, 1.165) is 128 Å². The van der Waals surface area contributed by atoms with Crippen molar-refractivity contribution in [1.82, 2.24) is 0 Å². The molecule has 20 unspecified atom stereocenters. The van der Waals surface area contributed by atoms with Gasteiger partial charge in [0, 0.05) is 25.7 Å². The zero-order chi connectivity index (χ0) is 89.2. The molecule has 720 valence electrons. The molecular weight excluding hydrogens is 1580 g/mol. The third-order valence-corrected chi connectivity index (χ3v) is 26.1. The van der Waals surface area contributed by atoms with Crippen molar-refractivity contribution in [2.24, 2.45) is 11.8 Å². The van der Waals surface area contributed by atoms with Gasteiger partial charge in [0.1, 0.15) is 92.6 Å². The highest BCUT2D eigenvalue weighted by Gasteiger charge is 2.60. The largest absolute Gasteiger partial charge is 0.472 e. The van der Waals surface area contributed by atoms with E-state index in [9.17, 15) is 74.6 Å². The number of carbonyl (C=O) groups is 4. The number of unbranched alkanes of at least 4 members (excludes halogenated alkanes) is 49. The number of rotatable bonds is 81. The molecule has 1 aliphatic carbocycles. The van der Waals surface area contributed by atoms with Crippen LogP contribution < -0.4 is 0 Å². The van der Waals surface area contributed by atoms with Crippen LogP contribution in [0.5, 0.6) is 0 Å². The maximum Gasteiger partial charge on any atom is 0.472 e. The summed E-state index contributed by atoms with van der Waals surface area (Å²) in [6.45, 7) is 10.3. The maximum absolute atomic E-state index is 15.0. The summed E-state index contributed by atoms with van der Waals surface area (Å²) in [5.41, 5.74) is 0. The van der Waals surface area contributed by atoms with Crippen LogP contribution in [-0.4, -0.2) is 205 Å². The van der Waals surface area contributed by atoms with Crippen molar-refractivity contribution < 1.29 is 122 Å². The third kappa shape index (κ3) is 53.0. The molecule has 3 rings (SSSR count). The number of aliphatic hydroxyl groups excluding tert-OH is 9. The monoisotopic (exact) mass is 1770 g/mol. The molecule has 0 radical (unpaired) electrons. The first kappa shape index (κ1) is 114. The number of hydrogen-bond donors (Lipinski definition) is 10. The van der Waals surface area contributed by atoms with Gasteiger partial charge in [-0.1, -0.05) is 395 Å². The first-order valence-corrected chi connectivity index (χ1v) is 51.5. The van der Waals surface area contributed by atoms with Gasteiger partial charge in [-0.15, -0.1) is 0 Å². The van der Waals surface area contributed by atoms with Crippen LogP contribution in [0.4, 0.5) is 0 Å². The van der Waals surface area contributed by atoms with E-state index in [-0.39, 0.29) is 25.7 Å². The Bertz CT molecular complexity index is 2560. The zero-order valence-corrected chi connectivity index (χ0v) is 78.3. The topological polar surface area (TPSA) is 380 Å². The number of hydrogen-bond acceptors (Lipinski definition) is 24. The lowest BCUT2D eigenvalue weighted by atomic mass is 9.84. The number of phosphoric ester groups is 1. The van der Waals surface area contributed by atoms with Crippen molar-refractivity contribution >= 4 is 31.7 Å². The summed E-state index contributed by atoms with van der Waals surface area (Å²) in [6, 6.07) is 0. The van der Waals surface area contributed by atoms with E-state index in [0.29, 0.717) is 43.9 Å². The number of ether oxygens (including phenoxy) is 8. The minimum Gasteiger partial charge on any atom is -0.463 e. The van der Waals surface area contributed by atoms with Gasteiger partial charge in [0.2, 0.25) is 0 Å². The average Bonchev–Trinajstić information content (AvgIpc) is 0.753. The first-order valence-electron chi connectivity index (χ1n) is 50.1. The van der Waals surface area contributed by atoms with Gasteiger partial charge >= 0.3 is 31.7 Å². The van der Waals surface area contributed by atoms with Crippen LogP contribution in [0.25, 0.3) is 0 Å². The Labute approximate surface area is 738 Å². The number of esters is 4. The summed E-state index contributed by atoms with van der Waals surface area (Å²) in [4.78, 5) is 66.8. The van der Waals surface area contributed by atoms with Crippen molar-refractivity contribution in [2.45, 2.75) is 550 Å². The van der Waals surface area contributed by atoms with Crippen molar-refractivity contribution in [1.29, 1.82) is 0 Å². The molecule has 20 atom stereocenters. The molecule has 122 heavy (non-hydrogen) atoms. The van der Waals surface area contributed by atoms with Crippen LogP contribution in [0.1, 0.15) is 446 Å². The summed E-state index contributed by atoms with van der Waals surface area (Å²) in [6.07, 6.45) is 29.3. The smallest absolute Gasteiger partial charge is 0.463 e. The van der Waals surface area contributed by atoms with Gasteiger partial charge in [-0.25, -0.2) is 4.57 Å². The molecule has 0 bridgehead atoms. The summed E-state index contributed by atoms with van der Waals surface area (Å²) in [5.74, 6) is -1.58. The van der Waals surface area contributed by atoms with Gasteiger partial charge in [0.25, 0.3) is 0 Å². The molecule has 2 heterocycles. The second-order valence-corrected chi connectivity index (χ2v) is 38.0. The molecule has 0 amide bonds. The predicted molar refractivity (Wildman–Crippen MR) is 476 cm³/mol. The Kier molecular flexibility index (Phi) is 68.2. The van der Waals surface area contributed by atoms with Gasteiger partial charge in [0.05, 0.1) is 13.2 Å². The fraction of sp³-hybridized carbons (Fsp3) is 0.958. The molecule has 25 nitrogen and oxygen atoms in total. The van der Waals surface area contributed by atoms with Crippen molar-refractivity contribution in [2.75, 3.05) is 26.4 Å². The molecule has 0 aromatic carbocycles. The average molecular weight is 1770 g/mol. The Morgan fingerprint density at radius 1 is 0.320 bits per heavy atom. The molecule has 0 spiro atoms. The Morgan fingerprint density at radius 2 is 0.615 bits per heavy atom. The van der Waals surface area contributed by atoms with Gasteiger partial charge in [-0.3, -0.25) is 28.2 Å². The van der Waals surface area contributed by atoms with Gasteiger partial charge in [-0.05, 0) is 37.5 Å². The van der Waals surface area contributed by atoms with E-state index in [1.165, 1.54) is 218 Å². The van der Waals surface area contributed by atoms with Crippen LogP contribution in [0.15, 0.2) is 0 Å². The molecule has 3 fully saturated rings. The Hall–Kier alpha value is -2.53. The fourth-order valence-corrected chi connectivity index (χ4v) is 18.0.